The van der Waals surface area contributed by atoms with Crippen molar-refractivity contribution in [3.63, 3.8) is 0 Å². The molecule has 3 heteroatoms. The van der Waals surface area contributed by atoms with E-state index in [9.17, 15) is 9.59 Å². The van der Waals surface area contributed by atoms with E-state index in [2.05, 4.69) is 41.5 Å². The van der Waals surface area contributed by atoms with Crippen LogP contribution in [0.25, 0.3) is 0 Å². The molecule has 186 valence electrons. The van der Waals surface area contributed by atoms with Crippen molar-refractivity contribution in [2.45, 2.75) is 125 Å². The maximum atomic E-state index is 12.4. The molecular formula is C30H48O3. The Morgan fingerprint density at radius 1 is 1.00 bits per heavy atom. The Kier molecular flexibility index (Phi) is 6.69. The zero-order valence-electron chi connectivity index (χ0n) is 22.4. The van der Waals surface area contributed by atoms with Crippen LogP contribution in [-0.4, -0.2) is 17.9 Å². The minimum absolute atomic E-state index is 0.00686. The van der Waals surface area contributed by atoms with Gasteiger partial charge in [-0.3, -0.25) is 9.59 Å². The van der Waals surface area contributed by atoms with E-state index < -0.39 is 0 Å². The van der Waals surface area contributed by atoms with E-state index in [1.54, 1.807) is 11.1 Å². The van der Waals surface area contributed by atoms with Gasteiger partial charge in [-0.25, -0.2) is 0 Å². The zero-order chi connectivity index (χ0) is 24.2. The molecule has 0 aliphatic heterocycles. The molecule has 2 saturated carbocycles. The largest absolute Gasteiger partial charge is 0.462 e. The molecule has 4 aliphatic rings. The smallest absolute Gasteiger partial charge is 0.302 e. The lowest BCUT2D eigenvalue weighted by Gasteiger charge is -2.59. The van der Waals surface area contributed by atoms with E-state index in [1.807, 2.05) is 0 Å². The van der Waals surface area contributed by atoms with E-state index in [1.165, 1.54) is 51.9 Å². The summed E-state index contributed by atoms with van der Waals surface area (Å²) in [5.74, 6) is 2.63. The molecule has 3 nitrogen and oxygen atoms in total. The van der Waals surface area contributed by atoms with Crippen LogP contribution in [0, 0.1) is 39.9 Å². The van der Waals surface area contributed by atoms with Crippen molar-refractivity contribution < 1.29 is 14.3 Å². The van der Waals surface area contributed by atoms with E-state index in [0.29, 0.717) is 24.0 Å². The summed E-state index contributed by atoms with van der Waals surface area (Å²) in [6.45, 7) is 16.2. The van der Waals surface area contributed by atoms with Crippen LogP contribution in [0.3, 0.4) is 0 Å². The molecule has 0 amide bonds. The van der Waals surface area contributed by atoms with Crippen molar-refractivity contribution in [3.8, 4) is 0 Å². The minimum Gasteiger partial charge on any atom is -0.462 e. The van der Waals surface area contributed by atoms with Crippen LogP contribution < -0.4 is 0 Å². The summed E-state index contributed by atoms with van der Waals surface area (Å²) in [4.78, 5) is 24.5. The molecule has 0 N–H and O–H groups in total. The molecule has 0 aromatic carbocycles. The van der Waals surface area contributed by atoms with Crippen LogP contribution in [-0.2, 0) is 14.3 Å². The predicted molar refractivity (Wildman–Crippen MR) is 134 cm³/mol. The van der Waals surface area contributed by atoms with Crippen molar-refractivity contribution in [2.75, 3.05) is 0 Å². The molecule has 33 heavy (non-hydrogen) atoms. The molecule has 4 rings (SSSR count). The van der Waals surface area contributed by atoms with Gasteiger partial charge in [-0.15, -0.1) is 0 Å². The molecule has 0 aromatic heterocycles. The van der Waals surface area contributed by atoms with Crippen LogP contribution in [0.15, 0.2) is 11.1 Å². The lowest BCUT2D eigenvalue weighted by molar-refractivity contribution is -0.156. The van der Waals surface area contributed by atoms with Gasteiger partial charge in [-0.05, 0) is 66.1 Å². The number of fused-ring (bicyclic) bond motifs is 4. The topological polar surface area (TPSA) is 43.4 Å². The molecular weight excluding hydrogens is 408 g/mol. The first kappa shape index (κ1) is 25.0. The monoisotopic (exact) mass is 456 g/mol. The van der Waals surface area contributed by atoms with Gasteiger partial charge in [0.2, 0.25) is 0 Å². The third-order valence-electron chi connectivity index (χ3n) is 11.1. The second-order valence-electron chi connectivity index (χ2n) is 13.3. The molecule has 0 heterocycles. The van der Waals surface area contributed by atoms with Gasteiger partial charge in [0.1, 0.15) is 11.9 Å². The molecule has 4 aliphatic carbocycles. The third kappa shape index (κ3) is 4.04. The molecule has 7 atom stereocenters. The van der Waals surface area contributed by atoms with Gasteiger partial charge >= 0.3 is 5.97 Å². The first-order valence-corrected chi connectivity index (χ1v) is 13.8. The average molecular weight is 457 g/mol. The summed E-state index contributed by atoms with van der Waals surface area (Å²) < 4.78 is 5.97. The number of carbonyl (C=O) groups excluding carboxylic acids is 2. The molecule has 0 bridgehead atoms. The fourth-order valence-corrected chi connectivity index (χ4v) is 8.98. The minimum atomic E-state index is -0.198. The number of rotatable bonds is 6. The highest BCUT2D eigenvalue weighted by molar-refractivity contribution is 5.80. The fourth-order valence-electron chi connectivity index (χ4n) is 8.98. The fraction of sp³-hybridized carbons (Fsp3) is 0.867. The number of carbonyl (C=O) groups is 2. The van der Waals surface area contributed by atoms with Crippen LogP contribution in [0.4, 0.5) is 0 Å². The second kappa shape index (κ2) is 8.83. The standard InChI is InChI=1S/C30H48O3/c1-19(2)9-8-10-20(3)23-12-15-30(7)25-18-27(33-21(4)31)26-17-22(32)11-14-28(26,5)24(25)13-16-29(23,30)6/h19-20,23,26-27H,8-18H2,1-7H3/t20-,23-,26?,27?,28-,29-,30+/m1/s1. The quantitative estimate of drug-likeness (QED) is 0.304. The van der Waals surface area contributed by atoms with Crippen LogP contribution in [0.1, 0.15) is 119 Å². The molecule has 0 radical (unpaired) electrons. The SMILES string of the molecule is CC(=O)OC1CC2=C(CC[C@]3(C)[C@@H]([C@H](C)CCCC(C)C)CC[C@@]23C)[C@@]2(C)CCC(=O)CC12. The van der Waals surface area contributed by atoms with Gasteiger partial charge in [0.05, 0.1) is 0 Å². The summed E-state index contributed by atoms with van der Waals surface area (Å²) in [7, 11) is 0. The van der Waals surface area contributed by atoms with Crippen molar-refractivity contribution in [2.24, 2.45) is 39.9 Å². The van der Waals surface area contributed by atoms with E-state index in [4.69, 9.17) is 4.74 Å². The molecule has 0 spiro atoms. The maximum Gasteiger partial charge on any atom is 0.302 e. The number of hydrogen-bond acceptors (Lipinski definition) is 3. The van der Waals surface area contributed by atoms with E-state index in [-0.39, 0.29) is 28.8 Å². The van der Waals surface area contributed by atoms with Crippen LogP contribution in [0.5, 0.6) is 0 Å². The highest BCUT2D eigenvalue weighted by Crippen LogP contribution is 2.71. The Balaban J connectivity index is 1.67. The van der Waals surface area contributed by atoms with Crippen LogP contribution >= 0.6 is 0 Å². The first-order chi connectivity index (χ1) is 15.4. The van der Waals surface area contributed by atoms with Crippen molar-refractivity contribution in [3.05, 3.63) is 11.1 Å². The Hall–Kier alpha value is -1.12. The lowest BCUT2D eigenvalue weighted by Crippen LogP contribution is -2.53. The van der Waals surface area contributed by atoms with Gasteiger partial charge in [0.15, 0.2) is 0 Å². The lowest BCUT2D eigenvalue weighted by atomic mass is 9.46. The van der Waals surface area contributed by atoms with Gasteiger partial charge in [0.25, 0.3) is 0 Å². The summed E-state index contributed by atoms with van der Waals surface area (Å²) in [5, 5.41) is 0. The Bertz CT molecular complexity index is 824. The van der Waals surface area contributed by atoms with Crippen molar-refractivity contribution >= 4 is 11.8 Å². The van der Waals surface area contributed by atoms with Gasteiger partial charge in [-0.1, -0.05) is 72.0 Å². The average Bonchev–Trinajstić information content (AvgIpc) is 3.00. The van der Waals surface area contributed by atoms with Gasteiger partial charge in [0, 0.05) is 32.1 Å². The van der Waals surface area contributed by atoms with E-state index in [0.717, 1.165) is 30.6 Å². The molecule has 2 unspecified atom stereocenters. The number of ketones is 1. The van der Waals surface area contributed by atoms with Crippen molar-refractivity contribution in [1.29, 1.82) is 0 Å². The number of allylic oxidation sites excluding steroid dienone is 1. The highest BCUT2D eigenvalue weighted by Gasteiger charge is 2.63. The van der Waals surface area contributed by atoms with Crippen molar-refractivity contribution in [1.82, 2.24) is 0 Å². The molecule has 0 saturated heterocycles. The van der Waals surface area contributed by atoms with E-state index >= 15 is 0 Å². The molecule has 0 aromatic rings. The van der Waals surface area contributed by atoms with Crippen LogP contribution in [0.2, 0.25) is 0 Å². The highest BCUT2D eigenvalue weighted by atomic mass is 16.5. The number of Topliss-reactive ketones (excluding diaryl/α,β-unsaturated/α-hetero) is 1. The second-order valence-corrected chi connectivity index (χ2v) is 13.3. The van der Waals surface area contributed by atoms with Gasteiger partial charge < -0.3 is 4.74 Å². The Morgan fingerprint density at radius 3 is 2.39 bits per heavy atom. The summed E-state index contributed by atoms with van der Waals surface area (Å²) in [5.41, 5.74) is 3.78. The number of hydrogen-bond donors (Lipinski definition) is 0. The summed E-state index contributed by atoms with van der Waals surface area (Å²) >= 11 is 0. The normalized spacial score (nSPS) is 41.5. The third-order valence-corrected chi connectivity index (χ3v) is 11.1. The predicted octanol–water partition coefficient (Wildman–Crippen LogP) is 7.67. The zero-order valence-corrected chi connectivity index (χ0v) is 22.4. The Morgan fingerprint density at radius 2 is 1.73 bits per heavy atom. The first-order valence-electron chi connectivity index (χ1n) is 13.8. The number of esters is 1. The molecule has 2 fully saturated rings. The summed E-state index contributed by atoms with van der Waals surface area (Å²) in [6, 6.07) is 0. The van der Waals surface area contributed by atoms with Gasteiger partial charge in [-0.2, -0.15) is 0 Å². The maximum absolute atomic E-state index is 12.4. The Labute approximate surface area is 202 Å². The number of ether oxygens (including phenoxy) is 1. The summed E-state index contributed by atoms with van der Waals surface area (Å²) in [6.07, 6.45) is 11.9.